The van der Waals surface area contributed by atoms with E-state index in [9.17, 15) is 22.4 Å². The molecule has 0 radical (unpaired) electrons. The Balaban J connectivity index is 1.15. The van der Waals surface area contributed by atoms with Gasteiger partial charge in [0, 0.05) is 31.1 Å². The number of carbonyl (C=O) groups is 1. The van der Waals surface area contributed by atoms with Crippen molar-refractivity contribution in [3.63, 3.8) is 0 Å². The van der Waals surface area contributed by atoms with E-state index < -0.39 is 24.6 Å². The van der Waals surface area contributed by atoms with Gasteiger partial charge in [-0.3, -0.25) is 4.79 Å². The van der Waals surface area contributed by atoms with Crippen molar-refractivity contribution in [2.45, 2.75) is 88.9 Å². The van der Waals surface area contributed by atoms with Gasteiger partial charge >= 0.3 is 6.61 Å². The molecule has 0 aliphatic heterocycles. The molecule has 10 heteroatoms. The number of rotatable bonds is 12. The molecule has 2 saturated carbocycles. The van der Waals surface area contributed by atoms with Gasteiger partial charge in [-0.2, -0.15) is 8.78 Å². The van der Waals surface area contributed by atoms with Crippen LogP contribution in [-0.4, -0.2) is 39.8 Å². The average molecular weight is 599 g/mol. The van der Waals surface area contributed by atoms with Gasteiger partial charge in [0.25, 0.3) is 6.43 Å². The van der Waals surface area contributed by atoms with Crippen molar-refractivity contribution in [1.29, 1.82) is 0 Å². The third-order valence-corrected chi connectivity index (χ3v) is 9.74. The Kier molecular flexibility index (Phi) is 8.69. The normalized spacial score (nSPS) is 23.8. The quantitative estimate of drug-likeness (QED) is 0.235. The first kappa shape index (κ1) is 29.9. The lowest BCUT2D eigenvalue weighted by molar-refractivity contribution is -0.192. The number of fused-ring (bicyclic) bond motifs is 1. The topological polar surface area (TPSA) is 69.0 Å². The zero-order valence-electron chi connectivity index (χ0n) is 24.4. The van der Waals surface area contributed by atoms with Gasteiger partial charge in [-0.1, -0.05) is 30.7 Å². The molecule has 2 aromatic carbocycles. The van der Waals surface area contributed by atoms with Crippen molar-refractivity contribution in [3.8, 4) is 0 Å². The minimum Gasteiger partial charge on any atom is -0.320 e. The summed E-state index contributed by atoms with van der Waals surface area (Å²) in [5.74, 6) is 1.26. The molecule has 3 aliphatic carbocycles. The summed E-state index contributed by atoms with van der Waals surface area (Å²) in [6.45, 7) is -1.47. The Morgan fingerprint density at radius 3 is 2.56 bits per heavy atom. The molecular weight excluding hydrogens is 560 g/mol. The number of hydrogen-bond donors (Lipinski definition) is 1. The molecule has 6 nitrogen and oxygen atoms in total. The van der Waals surface area contributed by atoms with Crippen LogP contribution in [0.3, 0.4) is 0 Å². The lowest BCUT2D eigenvalue weighted by atomic mass is 9.61. The van der Waals surface area contributed by atoms with Crippen molar-refractivity contribution >= 4 is 5.78 Å². The molecule has 1 unspecified atom stereocenters. The van der Waals surface area contributed by atoms with Crippen molar-refractivity contribution < 1.29 is 27.1 Å². The molecule has 2 fully saturated rings. The molecule has 3 aromatic rings. The van der Waals surface area contributed by atoms with E-state index in [1.807, 2.05) is 35.9 Å². The number of alkyl halides is 4. The molecule has 43 heavy (non-hydrogen) atoms. The van der Waals surface area contributed by atoms with Crippen molar-refractivity contribution in [1.82, 2.24) is 20.1 Å². The summed E-state index contributed by atoms with van der Waals surface area (Å²) in [6, 6.07) is 11.4. The highest BCUT2D eigenvalue weighted by Crippen LogP contribution is 2.50. The number of carbonyl (C=O) groups excluding carboxylic acids is 1. The first-order valence-electron chi connectivity index (χ1n) is 15.3. The highest BCUT2D eigenvalue weighted by atomic mass is 19.3. The second-order valence-corrected chi connectivity index (χ2v) is 12.7. The van der Waals surface area contributed by atoms with E-state index in [1.165, 1.54) is 19.3 Å². The summed E-state index contributed by atoms with van der Waals surface area (Å²) in [5, 5.41) is 11.7. The van der Waals surface area contributed by atoms with Crippen LogP contribution in [0.5, 0.6) is 0 Å². The summed E-state index contributed by atoms with van der Waals surface area (Å²) >= 11 is 0. The van der Waals surface area contributed by atoms with Gasteiger partial charge in [-0.15, -0.1) is 10.2 Å². The first-order valence-corrected chi connectivity index (χ1v) is 15.3. The predicted octanol–water partition coefficient (Wildman–Crippen LogP) is 6.71. The molecule has 1 heterocycles. The fourth-order valence-corrected chi connectivity index (χ4v) is 7.20. The summed E-state index contributed by atoms with van der Waals surface area (Å²) in [7, 11) is 1.84. The summed E-state index contributed by atoms with van der Waals surface area (Å²) in [5.41, 5.74) is 3.08. The van der Waals surface area contributed by atoms with Gasteiger partial charge in [-0.05, 0) is 97.7 Å². The van der Waals surface area contributed by atoms with Crippen molar-refractivity contribution in [3.05, 3.63) is 81.9 Å². The average Bonchev–Trinajstić information content (AvgIpc) is 3.36. The number of hydrogen-bond acceptors (Lipinski definition) is 5. The minimum absolute atomic E-state index is 0.0193. The highest BCUT2D eigenvalue weighted by molar-refractivity contribution is 5.99. The number of aryl methyl sites for hydroxylation is 2. The number of Topliss-reactive ketones (excluding diaryl/α,β-unsaturated/α-hetero) is 1. The molecule has 0 spiro atoms. The van der Waals surface area contributed by atoms with Crippen LogP contribution in [0.2, 0.25) is 0 Å². The molecule has 230 valence electrons. The van der Waals surface area contributed by atoms with E-state index in [0.29, 0.717) is 67.9 Å². The minimum atomic E-state index is -2.83. The van der Waals surface area contributed by atoms with E-state index in [0.717, 1.165) is 23.2 Å². The van der Waals surface area contributed by atoms with Crippen LogP contribution in [-0.2, 0) is 36.6 Å². The standard InChI is InChI=1S/C33H38F4N4O2/c1-41-19-39-40-31(41)33(15-25(16-33)43-32(36)37)24-7-3-4-20(10-24)8-9-22-11-26-27(29(42)14-22)12-23(13-28(26)30(34)35)18-38-17-21-5-2-6-21/h3-4,7,10,12-13,19,21-22,25,30,32,38H,2,5-6,8-9,11,14-18H2,1H3. The van der Waals surface area contributed by atoms with Crippen molar-refractivity contribution in [2.24, 2.45) is 18.9 Å². The monoisotopic (exact) mass is 598 g/mol. The maximum atomic E-state index is 14.2. The van der Waals surface area contributed by atoms with Crippen LogP contribution in [0, 0.1) is 11.8 Å². The fourth-order valence-electron chi connectivity index (χ4n) is 7.20. The van der Waals surface area contributed by atoms with Crippen LogP contribution in [0.1, 0.15) is 95.4 Å². The first-order chi connectivity index (χ1) is 20.7. The van der Waals surface area contributed by atoms with E-state index in [2.05, 4.69) is 21.6 Å². The van der Waals surface area contributed by atoms with Gasteiger partial charge < -0.3 is 14.6 Å². The number of ether oxygens (including phenoxy) is 1. The Labute approximate surface area is 249 Å². The van der Waals surface area contributed by atoms with Gasteiger partial charge in [0.05, 0.1) is 11.5 Å². The van der Waals surface area contributed by atoms with Gasteiger partial charge in [0.2, 0.25) is 0 Å². The molecule has 3 aliphatic rings. The number of ketones is 1. The van der Waals surface area contributed by atoms with E-state index in [-0.39, 0.29) is 17.3 Å². The van der Waals surface area contributed by atoms with Gasteiger partial charge in [0.15, 0.2) is 5.78 Å². The fraction of sp³-hybridized carbons (Fsp3) is 0.545. The van der Waals surface area contributed by atoms with Crippen LogP contribution in [0.4, 0.5) is 17.6 Å². The highest BCUT2D eigenvalue weighted by Gasteiger charge is 2.51. The van der Waals surface area contributed by atoms with Gasteiger partial charge in [-0.25, -0.2) is 8.78 Å². The molecule has 0 saturated heterocycles. The Morgan fingerprint density at radius 2 is 1.88 bits per heavy atom. The van der Waals surface area contributed by atoms with Crippen LogP contribution >= 0.6 is 0 Å². The lowest BCUT2D eigenvalue weighted by Gasteiger charge is -2.46. The molecule has 1 atom stereocenters. The zero-order valence-corrected chi connectivity index (χ0v) is 24.4. The Bertz CT molecular complexity index is 1450. The number of benzene rings is 2. The number of halogens is 4. The van der Waals surface area contributed by atoms with Gasteiger partial charge in [0.1, 0.15) is 12.2 Å². The van der Waals surface area contributed by atoms with Crippen molar-refractivity contribution in [2.75, 3.05) is 6.54 Å². The maximum Gasteiger partial charge on any atom is 0.345 e. The SMILES string of the molecule is Cn1cnnc1C1(c2cccc(CCC3CC(=O)c4cc(CNCC5CCC5)cc(C(F)F)c4C3)c2)CC(OC(F)F)C1. The smallest absolute Gasteiger partial charge is 0.320 e. The second-order valence-electron chi connectivity index (χ2n) is 12.7. The Morgan fingerprint density at radius 1 is 1.07 bits per heavy atom. The van der Waals surface area contributed by atoms with E-state index >= 15 is 0 Å². The molecular formula is C33H38F4N4O2. The summed E-state index contributed by atoms with van der Waals surface area (Å²) in [6.07, 6.45) is 4.94. The van der Waals surface area contributed by atoms with E-state index in [1.54, 1.807) is 12.4 Å². The summed E-state index contributed by atoms with van der Waals surface area (Å²) in [4.78, 5) is 13.2. The Hall–Kier alpha value is -3.11. The molecule has 1 aromatic heterocycles. The molecule has 0 bridgehead atoms. The molecule has 1 N–H and O–H groups in total. The number of aromatic nitrogens is 3. The predicted molar refractivity (Wildman–Crippen MR) is 153 cm³/mol. The number of nitrogens with zero attached hydrogens (tertiary/aromatic N) is 3. The second kappa shape index (κ2) is 12.5. The summed E-state index contributed by atoms with van der Waals surface area (Å²) < 4.78 is 60.8. The largest absolute Gasteiger partial charge is 0.345 e. The lowest BCUT2D eigenvalue weighted by Crippen LogP contribution is -2.49. The molecule has 0 amide bonds. The maximum absolute atomic E-state index is 14.2. The third-order valence-electron chi connectivity index (χ3n) is 9.74. The van der Waals surface area contributed by atoms with Crippen LogP contribution in [0.15, 0.2) is 42.7 Å². The van der Waals surface area contributed by atoms with Crippen LogP contribution < -0.4 is 5.32 Å². The van der Waals surface area contributed by atoms with E-state index in [4.69, 9.17) is 4.74 Å². The molecule has 6 rings (SSSR count). The van der Waals surface area contributed by atoms with Crippen LogP contribution in [0.25, 0.3) is 0 Å². The zero-order chi connectivity index (χ0) is 30.1. The number of nitrogens with one attached hydrogen (secondary N) is 1. The third kappa shape index (κ3) is 6.27.